The highest BCUT2D eigenvalue weighted by Gasteiger charge is 2.28. The molecule has 0 saturated carbocycles. The lowest BCUT2D eigenvalue weighted by atomic mass is 10.2. The van der Waals surface area contributed by atoms with E-state index in [0.29, 0.717) is 0 Å². The fourth-order valence-electron chi connectivity index (χ4n) is 2.66. The monoisotopic (exact) mass is 385 g/mol. The maximum Gasteiger partial charge on any atom is 0.343 e. The Kier molecular flexibility index (Phi) is 5.43. The predicted molar refractivity (Wildman–Crippen MR) is 110 cm³/mol. The normalized spacial score (nSPS) is 11.4. The van der Waals surface area contributed by atoms with Crippen molar-refractivity contribution in [1.29, 1.82) is 0 Å². The number of ether oxygens (including phenoxy) is 2. The Bertz CT molecular complexity index is 868. The second-order valence-corrected chi connectivity index (χ2v) is 13.8. The number of hydrogen-bond acceptors (Lipinski definition) is 4. The van der Waals surface area contributed by atoms with Crippen molar-refractivity contribution in [2.45, 2.75) is 25.8 Å². The van der Waals surface area contributed by atoms with Crippen LogP contribution in [0.15, 0.2) is 48.5 Å². The van der Waals surface area contributed by atoms with Gasteiger partial charge in [0.25, 0.3) is 5.01 Å². The van der Waals surface area contributed by atoms with Crippen molar-refractivity contribution in [3.8, 4) is 33.5 Å². The molecular formula is C20H25N2O2SSi+. The van der Waals surface area contributed by atoms with Crippen LogP contribution in [0, 0.1) is 0 Å². The summed E-state index contributed by atoms with van der Waals surface area (Å²) in [5.41, 5.74) is 2.22. The van der Waals surface area contributed by atoms with Crippen molar-refractivity contribution < 1.29 is 13.4 Å². The number of nitrogens with zero attached hydrogens (tertiary/aromatic N) is 2. The highest BCUT2D eigenvalue weighted by molar-refractivity contribution is 7.05. The summed E-state index contributed by atoms with van der Waals surface area (Å²) >= 11 is 1.73. The van der Waals surface area contributed by atoms with E-state index in [4.69, 9.17) is 14.5 Å². The van der Waals surface area contributed by atoms with Crippen LogP contribution in [-0.2, 0) is 6.17 Å². The van der Waals surface area contributed by atoms with Crippen molar-refractivity contribution in [2.75, 3.05) is 14.2 Å². The Morgan fingerprint density at radius 3 is 1.81 bits per heavy atom. The first kappa shape index (κ1) is 18.6. The van der Waals surface area contributed by atoms with Crippen molar-refractivity contribution in [2.24, 2.45) is 0 Å². The van der Waals surface area contributed by atoms with Gasteiger partial charge >= 0.3 is 5.82 Å². The molecule has 6 heteroatoms. The molecule has 136 valence electrons. The van der Waals surface area contributed by atoms with Gasteiger partial charge in [-0.05, 0) is 53.5 Å². The number of hydrogen-bond donors (Lipinski definition) is 0. The maximum atomic E-state index is 5.28. The standard InChI is InChI=1S/C20H25N2O2SSi/c1-23-17-10-6-15(7-11-17)19-21-20(25-22(19)14-26(3,4)5)16-8-12-18(24-2)13-9-16/h6-13H,14H2,1-5H3/q+1. The minimum Gasteiger partial charge on any atom is -0.497 e. The SMILES string of the molecule is COc1ccc(-c2nc(-c3ccc(OC)cc3)[n+](C[Si](C)(C)C)s2)cc1. The van der Waals surface area contributed by atoms with Crippen molar-refractivity contribution >= 4 is 19.6 Å². The van der Waals surface area contributed by atoms with Gasteiger partial charge in [0.15, 0.2) is 0 Å². The van der Waals surface area contributed by atoms with Crippen LogP contribution >= 0.6 is 11.5 Å². The summed E-state index contributed by atoms with van der Waals surface area (Å²) in [4.78, 5) is 4.97. The maximum absolute atomic E-state index is 5.28. The van der Waals surface area contributed by atoms with Gasteiger partial charge < -0.3 is 9.47 Å². The summed E-state index contributed by atoms with van der Waals surface area (Å²) in [6.45, 7) is 7.14. The highest BCUT2D eigenvalue weighted by Crippen LogP contribution is 2.27. The van der Waals surface area contributed by atoms with Gasteiger partial charge in [0.05, 0.1) is 45.6 Å². The van der Waals surface area contributed by atoms with Crippen LogP contribution in [0.5, 0.6) is 11.5 Å². The number of methoxy groups -OCH3 is 2. The summed E-state index contributed by atoms with van der Waals surface area (Å²) in [5, 5.41) is 1.02. The molecular weight excluding hydrogens is 360 g/mol. The number of rotatable bonds is 6. The fourth-order valence-corrected chi connectivity index (χ4v) is 5.90. The molecule has 26 heavy (non-hydrogen) atoms. The average Bonchev–Trinajstić information content (AvgIpc) is 3.03. The van der Waals surface area contributed by atoms with E-state index in [9.17, 15) is 0 Å². The molecule has 1 aromatic heterocycles. The van der Waals surface area contributed by atoms with Crippen LogP contribution in [0.25, 0.3) is 22.0 Å². The van der Waals surface area contributed by atoms with E-state index in [-0.39, 0.29) is 0 Å². The molecule has 2 aromatic carbocycles. The summed E-state index contributed by atoms with van der Waals surface area (Å²) in [6.07, 6.45) is 1.04. The molecule has 0 aliphatic carbocycles. The Morgan fingerprint density at radius 2 is 1.35 bits per heavy atom. The molecule has 3 rings (SSSR count). The lowest BCUT2D eigenvalue weighted by Gasteiger charge is -2.12. The summed E-state index contributed by atoms with van der Waals surface area (Å²) in [6, 6.07) is 16.2. The third-order valence-electron chi connectivity index (χ3n) is 3.94. The third kappa shape index (κ3) is 4.31. The molecule has 4 nitrogen and oxygen atoms in total. The van der Waals surface area contributed by atoms with Gasteiger partial charge in [0.2, 0.25) is 0 Å². The zero-order chi connectivity index (χ0) is 18.7. The molecule has 0 unspecified atom stereocenters. The van der Waals surface area contributed by atoms with Gasteiger partial charge in [-0.3, -0.25) is 0 Å². The van der Waals surface area contributed by atoms with Gasteiger partial charge in [0, 0.05) is 5.56 Å². The minimum atomic E-state index is -1.29. The highest BCUT2D eigenvalue weighted by atomic mass is 32.1. The van der Waals surface area contributed by atoms with Crippen LogP contribution in [-0.4, -0.2) is 27.3 Å². The largest absolute Gasteiger partial charge is 0.497 e. The molecule has 0 radical (unpaired) electrons. The predicted octanol–water partition coefficient (Wildman–Crippen LogP) is 4.66. The molecule has 0 bridgehead atoms. The molecule has 0 N–H and O–H groups in total. The van der Waals surface area contributed by atoms with Crippen molar-refractivity contribution in [3.63, 3.8) is 0 Å². The molecule has 1 heterocycles. The van der Waals surface area contributed by atoms with E-state index in [2.05, 4.69) is 47.9 Å². The number of aromatic nitrogens is 2. The first-order chi connectivity index (χ1) is 12.4. The number of benzene rings is 2. The second kappa shape index (κ2) is 7.59. The van der Waals surface area contributed by atoms with E-state index in [1.165, 1.54) is 0 Å². The van der Waals surface area contributed by atoms with Gasteiger partial charge in [-0.15, -0.1) is 0 Å². The summed E-state index contributed by atoms with van der Waals surface area (Å²) in [5.74, 6) is 2.73. The van der Waals surface area contributed by atoms with Crippen molar-refractivity contribution in [3.05, 3.63) is 48.5 Å². The van der Waals surface area contributed by atoms with Gasteiger partial charge in [-0.2, -0.15) is 3.96 Å². The molecule has 0 aliphatic rings. The topological polar surface area (TPSA) is 35.2 Å². The molecule has 0 spiro atoms. The second-order valence-electron chi connectivity index (χ2n) is 7.39. The van der Waals surface area contributed by atoms with Crippen LogP contribution in [0.3, 0.4) is 0 Å². The van der Waals surface area contributed by atoms with Gasteiger partial charge in [-0.25, -0.2) is 0 Å². The molecule has 0 saturated heterocycles. The van der Waals surface area contributed by atoms with E-state index >= 15 is 0 Å². The smallest absolute Gasteiger partial charge is 0.343 e. The van der Waals surface area contributed by atoms with Crippen molar-refractivity contribution in [1.82, 2.24) is 4.98 Å². The molecule has 0 fully saturated rings. The van der Waals surface area contributed by atoms with Crippen LogP contribution in [0.1, 0.15) is 0 Å². The lowest BCUT2D eigenvalue weighted by Crippen LogP contribution is -2.44. The van der Waals surface area contributed by atoms with Gasteiger partial charge in [-0.1, -0.05) is 19.6 Å². The Morgan fingerprint density at radius 1 is 0.846 bits per heavy atom. The van der Waals surface area contributed by atoms with E-state index in [1.807, 2.05) is 24.3 Å². The molecule has 0 aliphatic heterocycles. The summed E-state index contributed by atoms with van der Waals surface area (Å²) < 4.78 is 12.9. The summed E-state index contributed by atoms with van der Waals surface area (Å²) in [7, 11) is 2.07. The molecule has 3 aromatic rings. The van der Waals surface area contributed by atoms with Crippen LogP contribution in [0.4, 0.5) is 0 Å². The zero-order valence-corrected chi connectivity index (χ0v) is 17.8. The minimum absolute atomic E-state index is 0.857. The molecule has 0 amide bonds. The Labute approximate surface area is 160 Å². The van der Waals surface area contributed by atoms with Gasteiger partial charge in [0.1, 0.15) is 11.5 Å². The van der Waals surface area contributed by atoms with E-state index in [1.54, 1.807) is 25.8 Å². The van der Waals surface area contributed by atoms with E-state index in [0.717, 1.165) is 39.6 Å². The molecule has 0 atom stereocenters. The first-order valence-corrected chi connectivity index (χ1v) is 13.1. The third-order valence-corrected chi connectivity index (χ3v) is 6.46. The average molecular weight is 386 g/mol. The first-order valence-electron chi connectivity index (χ1n) is 8.59. The quantitative estimate of drug-likeness (QED) is 0.457. The van der Waals surface area contributed by atoms with Crippen LogP contribution < -0.4 is 13.4 Å². The lowest BCUT2D eigenvalue weighted by molar-refractivity contribution is -0.601. The Hall–Kier alpha value is -2.18. The van der Waals surface area contributed by atoms with E-state index < -0.39 is 8.07 Å². The van der Waals surface area contributed by atoms with Crippen LogP contribution in [0.2, 0.25) is 19.6 Å². The zero-order valence-electron chi connectivity index (χ0n) is 15.9. The fraction of sp³-hybridized carbons (Fsp3) is 0.300. The Balaban J connectivity index is 2.03.